The van der Waals surface area contributed by atoms with Crippen molar-refractivity contribution in [3.05, 3.63) is 23.3 Å². The number of allylic oxidation sites excluding steroid dienone is 3. The zero-order valence-corrected chi connectivity index (χ0v) is 11.5. The van der Waals surface area contributed by atoms with Crippen LogP contribution in [-0.2, 0) is 14.3 Å². The third kappa shape index (κ3) is 6.72. The summed E-state index contributed by atoms with van der Waals surface area (Å²) in [7, 11) is 0. The van der Waals surface area contributed by atoms with Crippen LogP contribution < -0.4 is 0 Å². The maximum Gasteiger partial charge on any atom is 0.158 e. The Balaban J connectivity index is 2.14. The number of hydrogen-bond donors (Lipinski definition) is 0. The number of ether oxygens (including phenoxy) is 2. The van der Waals surface area contributed by atoms with E-state index in [9.17, 15) is 4.79 Å². The molecule has 18 heavy (non-hydrogen) atoms. The summed E-state index contributed by atoms with van der Waals surface area (Å²) >= 11 is 0. The second kappa shape index (κ2) is 9.06. The first-order chi connectivity index (χ1) is 8.72. The van der Waals surface area contributed by atoms with E-state index in [4.69, 9.17) is 9.47 Å². The van der Waals surface area contributed by atoms with E-state index >= 15 is 0 Å². The topological polar surface area (TPSA) is 35.5 Å². The van der Waals surface area contributed by atoms with Gasteiger partial charge in [-0.1, -0.05) is 17.7 Å². The second-order valence-corrected chi connectivity index (χ2v) is 4.80. The van der Waals surface area contributed by atoms with E-state index in [1.807, 2.05) is 13.0 Å². The monoisotopic (exact) mass is 252 g/mol. The van der Waals surface area contributed by atoms with Crippen LogP contribution in [0.5, 0.6) is 0 Å². The average molecular weight is 252 g/mol. The standard InChI is InChI=1S/C15H24O3/c1-13(11-16)7-3-4-8-14(2)12-18-15-9-5-6-10-17-15/h7-8,11,15H,3-6,9-10,12H2,1-2H3/b13-7+,14-8-. The molecule has 1 aliphatic rings. The van der Waals surface area contributed by atoms with Gasteiger partial charge in [-0.15, -0.1) is 0 Å². The number of unbranched alkanes of at least 4 members (excludes halogenated alkanes) is 1. The summed E-state index contributed by atoms with van der Waals surface area (Å²) in [4.78, 5) is 10.4. The zero-order chi connectivity index (χ0) is 13.2. The number of carbonyl (C=O) groups excluding carboxylic acids is 1. The fourth-order valence-corrected chi connectivity index (χ4v) is 1.81. The molecule has 0 N–H and O–H groups in total. The number of carbonyl (C=O) groups is 1. The van der Waals surface area contributed by atoms with Crippen LogP contribution in [0.15, 0.2) is 23.3 Å². The van der Waals surface area contributed by atoms with E-state index in [1.165, 1.54) is 12.0 Å². The van der Waals surface area contributed by atoms with Gasteiger partial charge in [0.2, 0.25) is 0 Å². The SMILES string of the molecule is C/C(=C/CC/C=C(\C)C=O)COC1CCCCO1. The quantitative estimate of drug-likeness (QED) is 0.301. The van der Waals surface area contributed by atoms with Crippen LogP contribution in [0.25, 0.3) is 0 Å². The summed E-state index contributed by atoms with van der Waals surface area (Å²) in [5.74, 6) is 0. The second-order valence-electron chi connectivity index (χ2n) is 4.80. The molecule has 1 fully saturated rings. The van der Waals surface area contributed by atoms with E-state index in [1.54, 1.807) is 0 Å². The summed E-state index contributed by atoms with van der Waals surface area (Å²) in [6.45, 7) is 5.36. The minimum absolute atomic E-state index is 0.0145. The van der Waals surface area contributed by atoms with Gasteiger partial charge in [0.05, 0.1) is 6.61 Å². The van der Waals surface area contributed by atoms with Gasteiger partial charge >= 0.3 is 0 Å². The summed E-state index contributed by atoms with van der Waals surface area (Å²) in [6.07, 6.45) is 10.2. The molecule has 0 aromatic rings. The van der Waals surface area contributed by atoms with Crippen molar-refractivity contribution >= 4 is 6.29 Å². The first-order valence-corrected chi connectivity index (χ1v) is 6.73. The Hall–Kier alpha value is -0.930. The molecule has 0 spiro atoms. The minimum Gasteiger partial charge on any atom is -0.353 e. The average Bonchev–Trinajstić information content (AvgIpc) is 2.42. The van der Waals surface area contributed by atoms with Gasteiger partial charge in [-0.2, -0.15) is 0 Å². The molecule has 1 rings (SSSR count). The van der Waals surface area contributed by atoms with Gasteiger partial charge in [-0.3, -0.25) is 4.79 Å². The van der Waals surface area contributed by atoms with Gasteiger partial charge in [0.1, 0.15) is 6.29 Å². The molecule has 0 aromatic carbocycles. The van der Waals surface area contributed by atoms with E-state index < -0.39 is 0 Å². The molecule has 0 aromatic heterocycles. The number of rotatable bonds is 7. The molecule has 0 radical (unpaired) electrons. The van der Waals surface area contributed by atoms with Crippen molar-refractivity contribution in [1.29, 1.82) is 0 Å². The molecule has 1 saturated heterocycles. The Morgan fingerprint density at radius 3 is 2.72 bits per heavy atom. The molecule has 0 bridgehead atoms. The highest BCUT2D eigenvalue weighted by Gasteiger charge is 2.13. The van der Waals surface area contributed by atoms with E-state index in [0.29, 0.717) is 6.61 Å². The summed E-state index contributed by atoms with van der Waals surface area (Å²) in [6, 6.07) is 0. The normalized spacial score (nSPS) is 22.0. The number of hydrogen-bond acceptors (Lipinski definition) is 3. The molecule has 1 unspecified atom stereocenters. The van der Waals surface area contributed by atoms with Gasteiger partial charge < -0.3 is 9.47 Å². The maximum absolute atomic E-state index is 10.4. The predicted octanol–water partition coefficient (Wildman–Crippen LogP) is 3.40. The highest BCUT2D eigenvalue weighted by molar-refractivity contribution is 5.71. The van der Waals surface area contributed by atoms with Crippen molar-refractivity contribution in [1.82, 2.24) is 0 Å². The van der Waals surface area contributed by atoms with E-state index in [2.05, 4.69) is 13.0 Å². The Morgan fingerprint density at radius 1 is 1.28 bits per heavy atom. The van der Waals surface area contributed by atoms with Gasteiger partial charge in [-0.05, 0) is 51.5 Å². The van der Waals surface area contributed by atoms with Crippen molar-refractivity contribution in [3.8, 4) is 0 Å². The number of aldehydes is 1. The van der Waals surface area contributed by atoms with Crippen LogP contribution in [0.3, 0.4) is 0 Å². The molecule has 0 saturated carbocycles. The first-order valence-electron chi connectivity index (χ1n) is 6.73. The van der Waals surface area contributed by atoms with Gasteiger partial charge in [0.25, 0.3) is 0 Å². The zero-order valence-electron chi connectivity index (χ0n) is 11.5. The lowest BCUT2D eigenvalue weighted by Gasteiger charge is -2.22. The first kappa shape index (κ1) is 15.1. The Kier molecular flexibility index (Phi) is 7.62. The van der Waals surface area contributed by atoms with Crippen LogP contribution in [0.1, 0.15) is 46.0 Å². The van der Waals surface area contributed by atoms with Crippen LogP contribution in [-0.4, -0.2) is 25.8 Å². The van der Waals surface area contributed by atoms with Crippen LogP contribution in [0.4, 0.5) is 0 Å². The van der Waals surface area contributed by atoms with Gasteiger partial charge in [0, 0.05) is 6.61 Å². The third-order valence-corrected chi connectivity index (χ3v) is 2.95. The summed E-state index contributed by atoms with van der Waals surface area (Å²) < 4.78 is 11.2. The lowest BCUT2D eigenvalue weighted by Crippen LogP contribution is -2.22. The molecule has 1 aliphatic heterocycles. The molecule has 0 amide bonds. The Bertz CT molecular complexity index is 299. The van der Waals surface area contributed by atoms with Crippen LogP contribution >= 0.6 is 0 Å². The fourth-order valence-electron chi connectivity index (χ4n) is 1.81. The van der Waals surface area contributed by atoms with Crippen molar-refractivity contribution in [3.63, 3.8) is 0 Å². The van der Waals surface area contributed by atoms with E-state index in [-0.39, 0.29) is 6.29 Å². The molecule has 1 atom stereocenters. The fraction of sp³-hybridized carbons (Fsp3) is 0.667. The highest BCUT2D eigenvalue weighted by Crippen LogP contribution is 2.14. The van der Waals surface area contributed by atoms with Gasteiger partial charge in [0.15, 0.2) is 6.29 Å². The lowest BCUT2D eigenvalue weighted by molar-refractivity contribution is -0.156. The molecular formula is C15H24O3. The predicted molar refractivity (Wildman–Crippen MR) is 72.4 cm³/mol. The lowest BCUT2D eigenvalue weighted by atomic mass is 10.2. The molecule has 1 heterocycles. The molecule has 102 valence electrons. The van der Waals surface area contributed by atoms with Crippen LogP contribution in [0, 0.1) is 0 Å². The Labute approximate surface area is 110 Å². The highest BCUT2D eigenvalue weighted by atomic mass is 16.7. The molecule has 3 nitrogen and oxygen atoms in total. The maximum atomic E-state index is 10.4. The van der Waals surface area contributed by atoms with Gasteiger partial charge in [-0.25, -0.2) is 0 Å². The minimum atomic E-state index is -0.0145. The summed E-state index contributed by atoms with van der Waals surface area (Å²) in [5, 5.41) is 0. The van der Waals surface area contributed by atoms with Crippen molar-refractivity contribution in [2.75, 3.05) is 13.2 Å². The molecular weight excluding hydrogens is 228 g/mol. The Morgan fingerprint density at radius 2 is 2.06 bits per heavy atom. The van der Waals surface area contributed by atoms with Crippen molar-refractivity contribution in [2.24, 2.45) is 0 Å². The van der Waals surface area contributed by atoms with Crippen molar-refractivity contribution in [2.45, 2.75) is 52.2 Å². The molecule has 3 heteroatoms. The van der Waals surface area contributed by atoms with Crippen molar-refractivity contribution < 1.29 is 14.3 Å². The smallest absolute Gasteiger partial charge is 0.158 e. The van der Waals surface area contributed by atoms with Crippen LogP contribution in [0.2, 0.25) is 0 Å². The molecule has 0 aliphatic carbocycles. The largest absolute Gasteiger partial charge is 0.353 e. The van der Waals surface area contributed by atoms with E-state index in [0.717, 1.165) is 44.1 Å². The summed E-state index contributed by atoms with van der Waals surface area (Å²) in [5.41, 5.74) is 2.02. The third-order valence-electron chi connectivity index (χ3n) is 2.95.